The van der Waals surface area contributed by atoms with Gasteiger partial charge in [-0.3, -0.25) is 14.5 Å². The molecule has 4 rings (SSSR count). The molecule has 1 N–H and O–H groups in total. The van der Waals surface area contributed by atoms with E-state index in [-0.39, 0.29) is 10.8 Å². The first kappa shape index (κ1) is 25.1. The Kier molecular flexibility index (Phi) is 7.77. The number of anilines is 1. The van der Waals surface area contributed by atoms with Crippen LogP contribution in [0.25, 0.3) is 10.9 Å². The minimum Gasteiger partial charge on any atom is -0.314 e. The van der Waals surface area contributed by atoms with Crippen LogP contribution in [-0.4, -0.2) is 49.2 Å². The standard InChI is InChI=1S/C28H28N4O3S/c1-3-32(20-19-31(2)21-22-9-5-4-6-10-22)28(33)24-14-16-25(17-15-24)30-36(34,35)26-13-7-11-23-12-8-18-29-27(23)26/h3-18,30H,1,19-21H2,2H3. The zero-order valence-electron chi connectivity index (χ0n) is 20.0. The molecule has 0 bridgehead atoms. The van der Waals surface area contributed by atoms with E-state index in [1.165, 1.54) is 17.8 Å². The van der Waals surface area contributed by atoms with Gasteiger partial charge in [-0.25, -0.2) is 8.42 Å². The van der Waals surface area contributed by atoms with E-state index in [2.05, 4.69) is 33.3 Å². The molecule has 0 fully saturated rings. The Labute approximate surface area is 211 Å². The highest BCUT2D eigenvalue weighted by Gasteiger charge is 2.19. The van der Waals surface area contributed by atoms with E-state index < -0.39 is 10.0 Å². The summed E-state index contributed by atoms with van der Waals surface area (Å²) in [5.41, 5.74) is 2.40. The van der Waals surface area contributed by atoms with E-state index in [9.17, 15) is 13.2 Å². The molecule has 8 heteroatoms. The summed E-state index contributed by atoms with van der Waals surface area (Å²) in [5, 5.41) is 0.736. The number of sulfonamides is 1. The molecule has 4 aromatic rings. The number of carbonyl (C=O) groups excluding carboxylic acids is 1. The van der Waals surface area contributed by atoms with Crippen molar-refractivity contribution in [2.75, 3.05) is 24.9 Å². The zero-order valence-corrected chi connectivity index (χ0v) is 20.9. The van der Waals surface area contributed by atoms with Gasteiger partial charge in [-0.15, -0.1) is 0 Å². The van der Waals surface area contributed by atoms with Gasteiger partial charge >= 0.3 is 0 Å². The Bertz CT molecular complexity index is 1450. The van der Waals surface area contributed by atoms with Crippen LogP contribution in [-0.2, 0) is 16.6 Å². The van der Waals surface area contributed by atoms with Gasteiger partial charge < -0.3 is 9.80 Å². The molecule has 1 aromatic heterocycles. The largest absolute Gasteiger partial charge is 0.314 e. The van der Waals surface area contributed by atoms with E-state index in [1.807, 2.05) is 37.4 Å². The summed E-state index contributed by atoms with van der Waals surface area (Å²) in [6.07, 6.45) is 3.08. The summed E-state index contributed by atoms with van der Waals surface area (Å²) < 4.78 is 28.6. The lowest BCUT2D eigenvalue weighted by molar-refractivity contribution is 0.0811. The average Bonchev–Trinajstić information content (AvgIpc) is 2.89. The molecule has 0 saturated carbocycles. The lowest BCUT2D eigenvalue weighted by Gasteiger charge is -2.23. The second-order valence-corrected chi connectivity index (χ2v) is 10.1. The first-order valence-electron chi connectivity index (χ1n) is 11.5. The molecule has 1 amide bonds. The van der Waals surface area contributed by atoms with Gasteiger partial charge in [0.2, 0.25) is 0 Å². The highest BCUT2D eigenvalue weighted by atomic mass is 32.2. The van der Waals surface area contributed by atoms with Crippen molar-refractivity contribution in [3.05, 3.63) is 115 Å². The molecule has 0 radical (unpaired) electrons. The van der Waals surface area contributed by atoms with E-state index in [0.29, 0.717) is 29.9 Å². The Morgan fingerprint density at radius 3 is 2.39 bits per heavy atom. The molecular weight excluding hydrogens is 472 g/mol. The van der Waals surface area contributed by atoms with Crippen LogP contribution in [0.15, 0.2) is 109 Å². The fraction of sp³-hybridized carbons (Fsp3) is 0.143. The van der Waals surface area contributed by atoms with Gasteiger partial charge in [0.15, 0.2) is 0 Å². The maximum Gasteiger partial charge on any atom is 0.264 e. The summed E-state index contributed by atoms with van der Waals surface area (Å²) in [6.45, 7) is 5.71. The number of amides is 1. The van der Waals surface area contributed by atoms with E-state index >= 15 is 0 Å². The Morgan fingerprint density at radius 2 is 1.67 bits per heavy atom. The topological polar surface area (TPSA) is 82.6 Å². The first-order chi connectivity index (χ1) is 17.4. The summed E-state index contributed by atoms with van der Waals surface area (Å²) >= 11 is 0. The van der Waals surface area contributed by atoms with Gasteiger partial charge in [-0.1, -0.05) is 55.1 Å². The SMILES string of the molecule is C=CN(CCN(C)Cc1ccccc1)C(=O)c1ccc(NS(=O)(=O)c2cccc3cccnc23)cc1. The molecule has 0 aliphatic rings. The van der Waals surface area contributed by atoms with Gasteiger partial charge in [0, 0.05) is 42.5 Å². The van der Waals surface area contributed by atoms with Gasteiger partial charge in [0.1, 0.15) is 4.90 Å². The number of nitrogens with zero attached hydrogens (tertiary/aromatic N) is 3. The summed E-state index contributed by atoms with van der Waals surface area (Å²) in [4.78, 5) is 21.0. The third-order valence-electron chi connectivity index (χ3n) is 5.77. The number of carbonyl (C=O) groups is 1. The van der Waals surface area contributed by atoms with Crippen molar-refractivity contribution in [2.24, 2.45) is 0 Å². The normalized spacial score (nSPS) is 11.4. The second-order valence-electron chi connectivity index (χ2n) is 8.42. The van der Waals surface area contributed by atoms with Crippen molar-refractivity contribution in [3.63, 3.8) is 0 Å². The molecule has 3 aromatic carbocycles. The number of hydrogen-bond acceptors (Lipinski definition) is 5. The molecule has 0 aliphatic heterocycles. The third kappa shape index (κ3) is 5.97. The van der Waals surface area contributed by atoms with Crippen LogP contribution < -0.4 is 4.72 Å². The van der Waals surface area contributed by atoms with Crippen LogP contribution >= 0.6 is 0 Å². The molecular formula is C28H28N4O3S. The fourth-order valence-corrected chi connectivity index (χ4v) is 5.12. The van der Waals surface area contributed by atoms with Crippen LogP contribution in [0.2, 0.25) is 0 Å². The second kappa shape index (κ2) is 11.2. The molecule has 0 spiro atoms. The molecule has 0 unspecified atom stereocenters. The number of benzene rings is 3. The van der Waals surface area contributed by atoms with Crippen LogP contribution in [0, 0.1) is 0 Å². The van der Waals surface area contributed by atoms with E-state index in [1.54, 1.807) is 47.5 Å². The molecule has 0 aliphatic carbocycles. The average molecular weight is 501 g/mol. The maximum atomic E-state index is 13.0. The van der Waals surface area contributed by atoms with Crippen LogP contribution in [0.5, 0.6) is 0 Å². The maximum absolute atomic E-state index is 13.0. The predicted molar refractivity (Wildman–Crippen MR) is 143 cm³/mol. The third-order valence-corrected chi connectivity index (χ3v) is 7.18. The zero-order chi connectivity index (χ0) is 25.5. The summed E-state index contributed by atoms with van der Waals surface area (Å²) in [6, 6.07) is 25.1. The lowest BCUT2D eigenvalue weighted by atomic mass is 10.2. The van der Waals surface area contributed by atoms with E-state index in [0.717, 1.165) is 11.9 Å². The summed E-state index contributed by atoms with van der Waals surface area (Å²) in [5.74, 6) is -0.203. The molecule has 36 heavy (non-hydrogen) atoms. The summed E-state index contributed by atoms with van der Waals surface area (Å²) in [7, 11) is -1.86. The van der Waals surface area contributed by atoms with Gasteiger partial charge in [0.05, 0.1) is 5.52 Å². The van der Waals surface area contributed by atoms with Crippen molar-refractivity contribution < 1.29 is 13.2 Å². The number of pyridine rings is 1. The van der Waals surface area contributed by atoms with Crippen molar-refractivity contribution in [3.8, 4) is 0 Å². The Balaban J connectivity index is 1.40. The van der Waals surface area contributed by atoms with E-state index in [4.69, 9.17) is 0 Å². The quantitative estimate of drug-likeness (QED) is 0.340. The highest BCUT2D eigenvalue weighted by molar-refractivity contribution is 7.93. The molecule has 0 atom stereocenters. The van der Waals surface area contributed by atoms with Crippen molar-refractivity contribution >= 4 is 32.5 Å². The van der Waals surface area contributed by atoms with Crippen molar-refractivity contribution in [1.82, 2.24) is 14.8 Å². The fourth-order valence-electron chi connectivity index (χ4n) is 3.88. The van der Waals surface area contributed by atoms with Crippen molar-refractivity contribution in [2.45, 2.75) is 11.4 Å². The molecule has 7 nitrogen and oxygen atoms in total. The molecule has 0 saturated heterocycles. The monoisotopic (exact) mass is 500 g/mol. The number of fused-ring (bicyclic) bond motifs is 1. The number of rotatable bonds is 10. The predicted octanol–water partition coefficient (Wildman–Crippen LogP) is 4.75. The highest BCUT2D eigenvalue weighted by Crippen LogP contribution is 2.23. The van der Waals surface area contributed by atoms with Crippen LogP contribution in [0.1, 0.15) is 15.9 Å². The molecule has 1 heterocycles. The number of nitrogens with one attached hydrogen (secondary N) is 1. The minimum absolute atomic E-state index is 0.0956. The lowest BCUT2D eigenvalue weighted by Crippen LogP contribution is -2.33. The Hall–Kier alpha value is -4.01. The number of aromatic nitrogens is 1. The van der Waals surface area contributed by atoms with Gasteiger partial charge in [-0.2, -0.15) is 0 Å². The van der Waals surface area contributed by atoms with Gasteiger partial charge in [0.25, 0.3) is 15.9 Å². The number of likely N-dealkylation sites (N-methyl/N-ethyl adjacent to an activating group) is 1. The number of hydrogen-bond donors (Lipinski definition) is 1. The van der Waals surface area contributed by atoms with Crippen LogP contribution in [0.3, 0.4) is 0 Å². The Morgan fingerprint density at radius 1 is 0.944 bits per heavy atom. The number of para-hydroxylation sites is 1. The van der Waals surface area contributed by atoms with Crippen molar-refractivity contribution in [1.29, 1.82) is 0 Å². The van der Waals surface area contributed by atoms with Gasteiger partial charge in [-0.05, 0) is 55.2 Å². The minimum atomic E-state index is -3.87. The molecule has 184 valence electrons. The smallest absolute Gasteiger partial charge is 0.264 e. The first-order valence-corrected chi connectivity index (χ1v) is 13.0. The van der Waals surface area contributed by atoms with Crippen LogP contribution in [0.4, 0.5) is 5.69 Å².